The lowest BCUT2D eigenvalue weighted by atomic mass is 10.0. The molecule has 13 heteroatoms. The quantitative estimate of drug-likeness (QED) is 0.0787. The minimum Gasteiger partial charge on any atom is -0.292 e. The van der Waals surface area contributed by atoms with Crippen molar-refractivity contribution in [1.82, 2.24) is 10.0 Å². The topological polar surface area (TPSA) is 74.8 Å². The molecule has 0 unspecified atom stereocenters. The molecule has 0 aliphatic carbocycles. The fraction of sp³-hybridized carbons (Fsp3) is 0.120. The number of nitrogens with zero attached hydrogens (tertiary/aromatic N) is 2. The highest BCUT2D eigenvalue weighted by Gasteiger charge is 2.48. The van der Waals surface area contributed by atoms with Crippen molar-refractivity contribution in [3.8, 4) is 0 Å². The van der Waals surface area contributed by atoms with Crippen molar-refractivity contribution in [3.63, 3.8) is 0 Å². The number of hydrogen-bond acceptors (Lipinski definition) is 4. The van der Waals surface area contributed by atoms with E-state index in [0.29, 0.717) is 32.9 Å². The van der Waals surface area contributed by atoms with E-state index in [4.69, 9.17) is 34.8 Å². The summed E-state index contributed by atoms with van der Waals surface area (Å²) in [6.45, 7) is 0. The lowest BCUT2D eigenvalue weighted by Gasteiger charge is -2.36. The number of imide groups is 1. The van der Waals surface area contributed by atoms with Gasteiger partial charge in [0.25, 0.3) is 17.7 Å². The number of hydrazine groups is 1. The van der Waals surface area contributed by atoms with Crippen LogP contribution in [0.2, 0.25) is 10.0 Å². The Hall–Kier alpha value is -1.27. The van der Waals surface area contributed by atoms with E-state index >= 15 is 0 Å². The zero-order valence-electron chi connectivity index (χ0n) is 18.8. The predicted octanol–water partition coefficient (Wildman–Crippen LogP) is 8.58. The van der Waals surface area contributed by atoms with E-state index in [1.807, 2.05) is 0 Å². The third-order valence-electron chi connectivity index (χ3n) is 5.70. The Morgan fingerprint density at radius 2 is 1.16 bits per heavy atom. The van der Waals surface area contributed by atoms with Gasteiger partial charge in [-0.05, 0) is 119 Å². The first-order valence-electron chi connectivity index (χ1n) is 10.7. The number of amides is 3. The Kier molecular flexibility index (Phi) is 9.44. The standard InChI is InChI=1S/C25H13Br4Cl3N2O4/c26-18-16-17(19(27)21(29)20(18)28)25(38)34(24(16)37)33(23(36)12-3-7-14(32)8-4-12)15(9-10-30)22(35)11-1-5-13(31)6-2-11/h1-8,15H,9-10H2/t15-/m0/s1. The van der Waals surface area contributed by atoms with Gasteiger partial charge < -0.3 is 0 Å². The number of halogens is 7. The molecule has 3 aromatic rings. The SMILES string of the molecule is O=C(c1ccc(Cl)cc1)[C@H](CCCl)N(C(=O)c1ccc(Cl)cc1)N1C(=O)c2c(Br)c(Br)c(Br)c(Br)c2C1=O. The number of Topliss-reactive ketones (excluding diaryl/α,β-unsaturated/α-hetero) is 1. The Morgan fingerprint density at radius 3 is 1.58 bits per heavy atom. The lowest BCUT2D eigenvalue weighted by Crippen LogP contribution is -2.57. The van der Waals surface area contributed by atoms with Gasteiger partial charge in [-0.15, -0.1) is 11.6 Å². The van der Waals surface area contributed by atoms with Crippen LogP contribution in [0.1, 0.15) is 47.9 Å². The molecule has 0 spiro atoms. The smallest absolute Gasteiger partial charge is 0.282 e. The van der Waals surface area contributed by atoms with Crippen molar-refractivity contribution in [2.75, 3.05) is 5.88 Å². The molecular formula is C25H13Br4Cl3N2O4. The number of hydrogen-bond donors (Lipinski definition) is 0. The fourth-order valence-electron chi connectivity index (χ4n) is 3.90. The molecule has 3 aromatic carbocycles. The molecular weight excluding hydrogens is 818 g/mol. The van der Waals surface area contributed by atoms with Crippen molar-refractivity contribution in [2.24, 2.45) is 0 Å². The van der Waals surface area contributed by atoms with Crippen LogP contribution in [0.4, 0.5) is 0 Å². The zero-order chi connectivity index (χ0) is 27.9. The third-order valence-corrected chi connectivity index (χ3v) is 11.2. The maximum absolute atomic E-state index is 14.0. The monoisotopic (exact) mass is 826 g/mol. The molecule has 6 nitrogen and oxygen atoms in total. The molecule has 0 fully saturated rings. The van der Waals surface area contributed by atoms with Crippen molar-refractivity contribution in [1.29, 1.82) is 0 Å². The number of ketones is 1. The second kappa shape index (κ2) is 12.1. The van der Waals surface area contributed by atoms with Crippen LogP contribution in [0.5, 0.6) is 0 Å². The van der Waals surface area contributed by atoms with E-state index in [-0.39, 0.29) is 34.6 Å². The molecule has 3 amide bonds. The molecule has 196 valence electrons. The van der Waals surface area contributed by atoms with Gasteiger partial charge in [-0.3, -0.25) is 19.2 Å². The average Bonchev–Trinajstić information content (AvgIpc) is 3.16. The Labute approximate surface area is 266 Å². The summed E-state index contributed by atoms with van der Waals surface area (Å²) in [6, 6.07) is 10.6. The van der Waals surface area contributed by atoms with E-state index in [1.54, 1.807) is 0 Å². The van der Waals surface area contributed by atoms with Crippen molar-refractivity contribution < 1.29 is 19.2 Å². The van der Waals surface area contributed by atoms with Gasteiger partial charge in [0.1, 0.15) is 6.04 Å². The summed E-state index contributed by atoms with van der Waals surface area (Å²) in [6.07, 6.45) is -0.0501. The van der Waals surface area contributed by atoms with Crippen molar-refractivity contribution in [2.45, 2.75) is 12.5 Å². The highest BCUT2D eigenvalue weighted by molar-refractivity contribution is 9.15. The fourth-order valence-corrected chi connectivity index (χ4v) is 6.82. The molecule has 4 rings (SSSR count). The van der Waals surface area contributed by atoms with E-state index in [1.165, 1.54) is 48.5 Å². The number of carbonyl (C=O) groups excluding carboxylic acids is 4. The van der Waals surface area contributed by atoms with Gasteiger partial charge >= 0.3 is 0 Å². The van der Waals surface area contributed by atoms with Crippen LogP contribution >= 0.6 is 98.5 Å². The summed E-state index contributed by atoms with van der Waals surface area (Å²) in [5, 5.41) is 2.37. The number of alkyl halides is 1. The minimum atomic E-state index is -1.30. The van der Waals surface area contributed by atoms with E-state index in [0.717, 1.165) is 5.01 Å². The molecule has 1 atom stereocenters. The Balaban J connectivity index is 1.92. The maximum Gasteiger partial charge on any atom is 0.282 e. The normalized spacial score (nSPS) is 13.5. The number of rotatable bonds is 7. The second-order valence-corrected chi connectivity index (χ2v) is 12.4. The van der Waals surface area contributed by atoms with Crippen LogP contribution < -0.4 is 0 Å². The average molecular weight is 831 g/mol. The summed E-state index contributed by atoms with van der Waals surface area (Å²) in [4.78, 5) is 55.4. The Bertz CT molecular complexity index is 1440. The summed E-state index contributed by atoms with van der Waals surface area (Å²) in [5.74, 6) is -2.92. The van der Waals surface area contributed by atoms with Gasteiger partial charge in [-0.25, -0.2) is 5.01 Å². The molecule has 0 bridgehead atoms. The van der Waals surface area contributed by atoms with Crippen LogP contribution in [0, 0.1) is 0 Å². The third kappa shape index (κ3) is 5.38. The van der Waals surface area contributed by atoms with Crippen LogP contribution in [-0.2, 0) is 0 Å². The number of fused-ring (bicyclic) bond motifs is 1. The lowest BCUT2D eigenvalue weighted by molar-refractivity contribution is -0.00965. The first kappa shape index (κ1) is 29.7. The van der Waals surface area contributed by atoms with E-state index < -0.39 is 29.5 Å². The van der Waals surface area contributed by atoms with Gasteiger partial charge in [0, 0.05) is 44.9 Å². The molecule has 0 saturated carbocycles. The van der Waals surface area contributed by atoms with Gasteiger partial charge in [-0.1, -0.05) is 23.2 Å². The highest BCUT2D eigenvalue weighted by atomic mass is 79.9. The molecule has 38 heavy (non-hydrogen) atoms. The molecule has 0 aromatic heterocycles. The molecule has 0 N–H and O–H groups in total. The van der Waals surface area contributed by atoms with Gasteiger partial charge in [0.2, 0.25) is 0 Å². The van der Waals surface area contributed by atoms with Gasteiger partial charge in [0.15, 0.2) is 5.78 Å². The largest absolute Gasteiger partial charge is 0.292 e. The Morgan fingerprint density at radius 1 is 0.737 bits per heavy atom. The first-order valence-corrected chi connectivity index (χ1v) is 15.1. The summed E-state index contributed by atoms with van der Waals surface area (Å²) in [7, 11) is 0. The predicted molar refractivity (Wildman–Crippen MR) is 160 cm³/mol. The molecule has 0 saturated heterocycles. The number of carbonyl (C=O) groups is 4. The van der Waals surface area contributed by atoms with Crippen LogP contribution in [-0.4, -0.2) is 45.4 Å². The molecule has 1 aliphatic heterocycles. The van der Waals surface area contributed by atoms with E-state index in [9.17, 15) is 19.2 Å². The van der Waals surface area contributed by atoms with Gasteiger partial charge in [0.05, 0.1) is 11.1 Å². The summed E-state index contributed by atoms with van der Waals surface area (Å²) in [5.41, 5.74) is 0.377. The first-order chi connectivity index (χ1) is 18.0. The zero-order valence-corrected chi connectivity index (χ0v) is 27.4. The highest BCUT2D eigenvalue weighted by Crippen LogP contribution is 2.46. The van der Waals surface area contributed by atoms with Crippen LogP contribution in [0.3, 0.4) is 0 Å². The van der Waals surface area contributed by atoms with Crippen LogP contribution in [0.25, 0.3) is 0 Å². The van der Waals surface area contributed by atoms with Crippen molar-refractivity contribution >= 4 is 122 Å². The molecule has 0 radical (unpaired) electrons. The molecule has 1 aliphatic rings. The summed E-state index contributed by atoms with van der Waals surface area (Å²) < 4.78 is 1.58. The maximum atomic E-state index is 14.0. The minimum absolute atomic E-state index is 0.0226. The molecule has 1 heterocycles. The second-order valence-electron chi connectivity index (χ2n) is 7.95. The van der Waals surface area contributed by atoms with Gasteiger partial charge in [-0.2, -0.15) is 5.01 Å². The number of benzene rings is 3. The van der Waals surface area contributed by atoms with Crippen LogP contribution in [0.15, 0.2) is 66.4 Å². The summed E-state index contributed by atoms with van der Waals surface area (Å²) >= 11 is 31.6. The van der Waals surface area contributed by atoms with Crippen molar-refractivity contribution in [3.05, 3.63) is 98.7 Å². The van der Waals surface area contributed by atoms with E-state index in [2.05, 4.69) is 63.7 Å².